The average Bonchev–Trinajstić information content (AvgIpc) is 2.91. The summed E-state index contributed by atoms with van der Waals surface area (Å²) in [4.78, 5) is 15.9. The molecule has 0 saturated heterocycles. The Balaban J connectivity index is 1.87. The zero-order chi connectivity index (χ0) is 15.2. The van der Waals surface area contributed by atoms with Gasteiger partial charge in [-0.05, 0) is 24.6 Å². The first-order valence-corrected chi connectivity index (χ1v) is 6.66. The van der Waals surface area contributed by atoms with Gasteiger partial charge in [0.15, 0.2) is 11.6 Å². The summed E-state index contributed by atoms with van der Waals surface area (Å²) in [6, 6.07) is 4.49. The number of nitrogens with one attached hydrogen (secondary N) is 1. The number of nitrogens with zero attached hydrogens (tertiary/aromatic N) is 2. The maximum absolute atomic E-state index is 13.5. The van der Waals surface area contributed by atoms with Crippen LogP contribution in [-0.2, 0) is 17.8 Å². The van der Waals surface area contributed by atoms with E-state index in [0.717, 1.165) is 0 Å². The monoisotopic (exact) mass is 291 g/mol. The highest BCUT2D eigenvalue weighted by molar-refractivity contribution is 5.78. The van der Waals surface area contributed by atoms with E-state index < -0.39 is 5.82 Å². The molecule has 5 nitrogen and oxygen atoms in total. The molecule has 6 heteroatoms. The molecule has 1 heterocycles. The van der Waals surface area contributed by atoms with Gasteiger partial charge in [0.1, 0.15) is 0 Å². The summed E-state index contributed by atoms with van der Waals surface area (Å²) in [5.41, 5.74) is 0.612. The molecule has 1 amide bonds. The van der Waals surface area contributed by atoms with Gasteiger partial charge in [-0.2, -0.15) is 0 Å². The van der Waals surface area contributed by atoms with Crippen molar-refractivity contribution in [3.8, 4) is 5.75 Å². The van der Waals surface area contributed by atoms with E-state index in [1.807, 2.05) is 17.7 Å². The third-order valence-corrected chi connectivity index (χ3v) is 3.03. The van der Waals surface area contributed by atoms with Crippen molar-refractivity contribution in [1.82, 2.24) is 14.9 Å². The van der Waals surface area contributed by atoms with Gasteiger partial charge in [0, 0.05) is 25.0 Å². The van der Waals surface area contributed by atoms with E-state index >= 15 is 0 Å². The van der Waals surface area contributed by atoms with E-state index in [9.17, 15) is 9.18 Å². The van der Waals surface area contributed by atoms with Gasteiger partial charge >= 0.3 is 0 Å². The van der Waals surface area contributed by atoms with E-state index in [0.29, 0.717) is 12.1 Å². The number of hydrogen-bond donors (Lipinski definition) is 1. The standard InChI is InChI=1S/C15H18FN3O2/c1-11(9-19-6-5-17-10-19)18-15(20)8-12-3-4-14(21-2)13(16)7-12/h3-7,10-11H,8-9H2,1-2H3,(H,18,20). The maximum atomic E-state index is 13.5. The molecule has 1 atom stereocenters. The van der Waals surface area contributed by atoms with Gasteiger partial charge in [-0.15, -0.1) is 0 Å². The molecule has 0 radical (unpaired) electrons. The first-order chi connectivity index (χ1) is 10.1. The van der Waals surface area contributed by atoms with E-state index in [4.69, 9.17) is 4.74 Å². The number of carbonyl (C=O) groups excluding carboxylic acids is 1. The number of aromatic nitrogens is 2. The summed E-state index contributed by atoms with van der Waals surface area (Å²) < 4.78 is 20.3. The molecular formula is C15H18FN3O2. The Hall–Kier alpha value is -2.37. The third-order valence-electron chi connectivity index (χ3n) is 3.03. The Kier molecular flexibility index (Phi) is 4.92. The van der Waals surface area contributed by atoms with Crippen molar-refractivity contribution in [3.05, 3.63) is 48.3 Å². The lowest BCUT2D eigenvalue weighted by Gasteiger charge is -2.14. The molecule has 1 aromatic carbocycles. The van der Waals surface area contributed by atoms with E-state index in [2.05, 4.69) is 10.3 Å². The normalized spacial score (nSPS) is 12.0. The molecule has 0 aliphatic carbocycles. The number of halogens is 1. The molecule has 1 unspecified atom stereocenters. The summed E-state index contributed by atoms with van der Waals surface area (Å²) in [5, 5.41) is 2.87. The van der Waals surface area contributed by atoms with Crippen molar-refractivity contribution >= 4 is 5.91 Å². The average molecular weight is 291 g/mol. The second kappa shape index (κ2) is 6.88. The first-order valence-electron chi connectivity index (χ1n) is 6.66. The second-order valence-corrected chi connectivity index (χ2v) is 4.87. The molecule has 112 valence electrons. The van der Waals surface area contributed by atoms with Crippen LogP contribution in [0.1, 0.15) is 12.5 Å². The number of methoxy groups -OCH3 is 1. The van der Waals surface area contributed by atoms with Crippen LogP contribution in [0.25, 0.3) is 0 Å². The molecular weight excluding hydrogens is 273 g/mol. The van der Waals surface area contributed by atoms with Crippen molar-refractivity contribution < 1.29 is 13.9 Å². The fraction of sp³-hybridized carbons (Fsp3) is 0.333. The number of amides is 1. The van der Waals surface area contributed by atoms with Crippen LogP contribution in [0.4, 0.5) is 4.39 Å². The predicted octanol–water partition coefficient (Wildman–Crippen LogP) is 1.78. The van der Waals surface area contributed by atoms with Crippen LogP contribution >= 0.6 is 0 Å². The van der Waals surface area contributed by atoms with Gasteiger partial charge in [0.2, 0.25) is 5.91 Å². The number of carbonyl (C=O) groups is 1. The number of benzene rings is 1. The van der Waals surface area contributed by atoms with Crippen LogP contribution < -0.4 is 10.1 Å². The SMILES string of the molecule is COc1ccc(CC(=O)NC(C)Cn2ccnc2)cc1F. The Bertz CT molecular complexity index is 599. The van der Waals surface area contributed by atoms with Crippen molar-refractivity contribution in [2.24, 2.45) is 0 Å². The predicted molar refractivity (Wildman–Crippen MR) is 76.5 cm³/mol. The molecule has 0 spiro atoms. The lowest BCUT2D eigenvalue weighted by atomic mass is 10.1. The zero-order valence-electron chi connectivity index (χ0n) is 12.0. The second-order valence-electron chi connectivity index (χ2n) is 4.87. The molecule has 2 aromatic rings. The van der Waals surface area contributed by atoms with Gasteiger partial charge in [0.25, 0.3) is 0 Å². The number of imidazole rings is 1. The van der Waals surface area contributed by atoms with Crippen LogP contribution in [0.15, 0.2) is 36.9 Å². The lowest BCUT2D eigenvalue weighted by molar-refractivity contribution is -0.121. The van der Waals surface area contributed by atoms with Crippen LogP contribution in [0, 0.1) is 5.82 Å². The summed E-state index contributed by atoms with van der Waals surface area (Å²) in [6.45, 7) is 2.55. The molecule has 0 fully saturated rings. The first kappa shape index (κ1) is 15.0. The smallest absolute Gasteiger partial charge is 0.224 e. The van der Waals surface area contributed by atoms with Crippen LogP contribution in [0.2, 0.25) is 0 Å². The summed E-state index contributed by atoms with van der Waals surface area (Å²) in [6.07, 6.45) is 5.35. The largest absolute Gasteiger partial charge is 0.494 e. The van der Waals surface area contributed by atoms with Crippen molar-refractivity contribution in [2.75, 3.05) is 7.11 Å². The molecule has 0 saturated carbocycles. The summed E-state index contributed by atoms with van der Waals surface area (Å²) in [7, 11) is 1.41. The van der Waals surface area contributed by atoms with Crippen LogP contribution in [0.3, 0.4) is 0 Å². The van der Waals surface area contributed by atoms with E-state index in [-0.39, 0.29) is 24.1 Å². The summed E-state index contributed by atoms with van der Waals surface area (Å²) >= 11 is 0. The van der Waals surface area contributed by atoms with Crippen molar-refractivity contribution in [1.29, 1.82) is 0 Å². The molecule has 0 bridgehead atoms. The Morgan fingerprint density at radius 1 is 1.52 bits per heavy atom. The third kappa shape index (κ3) is 4.30. The number of ether oxygens (including phenoxy) is 1. The van der Waals surface area contributed by atoms with Gasteiger partial charge < -0.3 is 14.6 Å². The molecule has 0 aliphatic heterocycles. The zero-order valence-corrected chi connectivity index (χ0v) is 12.0. The molecule has 2 rings (SSSR count). The fourth-order valence-corrected chi connectivity index (χ4v) is 2.09. The summed E-state index contributed by atoms with van der Waals surface area (Å²) in [5.74, 6) is -0.436. The van der Waals surface area contributed by atoms with Crippen LogP contribution in [-0.4, -0.2) is 28.6 Å². The van der Waals surface area contributed by atoms with Crippen molar-refractivity contribution in [2.45, 2.75) is 25.9 Å². The highest BCUT2D eigenvalue weighted by atomic mass is 19.1. The Morgan fingerprint density at radius 3 is 2.95 bits per heavy atom. The lowest BCUT2D eigenvalue weighted by Crippen LogP contribution is -2.36. The van der Waals surface area contributed by atoms with Gasteiger partial charge in [-0.25, -0.2) is 9.37 Å². The minimum atomic E-state index is -0.464. The van der Waals surface area contributed by atoms with Gasteiger partial charge in [-0.3, -0.25) is 4.79 Å². The van der Waals surface area contributed by atoms with E-state index in [1.165, 1.54) is 19.2 Å². The Morgan fingerprint density at radius 2 is 2.33 bits per heavy atom. The topological polar surface area (TPSA) is 56.1 Å². The fourth-order valence-electron chi connectivity index (χ4n) is 2.09. The minimum absolute atomic E-state index is 0.0326. The van der Waals surface area contributed by atoms with Crippen LogP contribution in [0.5, 0.6) is 5.75 Å². The van der Waals surface area contributed by atoms with Gasteiger partial charge in [-0.1, -0.05) is 6.07 Å². The van der Waals surface area contributed by atoms with E-state index in [1.54, 1.807) is 18.6 Å². The molecule has 0 aliphatic rings. The molecule has 1 aromatic heterocycles. The van der Waals surface area contributed by atoms with Gasteiger partial charge in [0.05, 0.1) is 19.9 Å². The number of rotatable bonds is 6. The maximum Gasteiger partial charge on any atom is 0.224 e. The highest BCUT2D eigenvalue weighted by Gasteiger charge is 2.10. The molecule has 1 N–H and O–H groups in total. The highest BCUT2D eigenvalue weighted by Crippen LogP contribution is 2.17. The quantitative estimate of drug-likeness (QED) is 0.882. The number of hydrogen-bond acceptors (Lipinski definition) is 3. The van der Waals surface area contributed by atoms with Crippen molar-refractivity contribution in [3.63, 3.8) is 0 Å². The minimum Gasteiger partial charge on any atom is -0.494 e. The molecule has 21 heavy (non-hydrogen) atoms. The Labute approximate surface area is 122 Å².